The fourth-order valence-corrected chi connectivity index (χ4v) is 3.11. The lowest BCUT2D eigenvalue weighted by atomic mass is 9.93. The minimum Gasteiger partial charge on any atom is -0.338 e. The third-order valence-electron chi connectivity index (χ3n) is 4.73. The number of hydrogen-bond acceptors (Lipinski definition) is 2. The van der Waals surface area contributed by atoms with Gasteiger partial charge >= 0.3 is 0 Å². The molecule has 3 rings (SSSR count). The summed E-state index contributed by atoms with van der Waals surface area (Å²) in [4.78, 5) is 14.4. The van der Waals surface area contributed by atoms with Gasteiger partial charge in [0.05, 0.1) is 5.54 Å². The average Bonchev–Trinajstić information content (AvgIpc) is 3.08. The van der Waals surface area contributed by atoms with Crippen LogP contribution in [0.1, 0.15) is 31.7 Å². The van der Waals surface area contributed by atoms with E-state index in [0.717, 1.165) is 32.2 Å². The van der Waals surface area contributed by atoms with Crippen molar-refractivity contribution in [3.05, 3.63) is 35.9 Å². The zero-order chi connectivity index (χ0) is 13.5. The molecule has 0 spiro atoms. The molecular formula is C16H23ClN2O. The van der Waals surface area contributed by atoms with Crippen molar-refractivity contribution in [2.45, 2.75) is 44.2 Å². The first-order valence-electron chi connectivity index (χ1n) is 7.24. The summed E-state index contributed by atoms with van der Waals surface area (Å²) in [5, 5.41) is 0. The Hall–Kier alpha value is -1.06. The van der Waals surface area contributed by atoms with Crippen molar-refractivity contribution in [1.82, 2.24) is 4.90 Å². The van der Waals surface area contributed by atoms with Gasteiger partial charge in [0.1, 0.15) is 0 Å². The van der Waals surface area contributed by atoms with Gasteiger partial charge in [-0.05, 0) is 44.1 Å². The molecule has 1 amide bonds. The molecule has 0 aromatic heterocycles. The second kappa shape index (κ2) is 5.74. The van der Waals surface area contributed by atoms with E-state index in [-0.39, 0.29) is 18.3 Å². The van der Waals surface area contributed by atoms with Gasteiger partial charge in [0.25, 0.3) is 0 Å². The number of halogens is 1. The summed E-state index contributed by atoms with van der Waals surface area (Å²) in [7, 11) is 0. The molecule has 1 aromatic rings. The monoisotopic (exact) mass is 294 g/mol. The molecule has 1 heterocycles. The van der Waals surface area contributed by atoms with Crippen molar-refractivity contribution in [2.24, 2.45) is 11.7 Å². The molecule has 1 aliphatic carbocycles. The van der Waals surface area contributed by atoms with Crippen LogP contribution in [0.15, 0.2) is 30.3 Å². The molecule has 1 aliphatic heterocycles. The van der Waals surface area contributed by atoms with E-state index >= 15 is 0 Å². The Morgan fingerprint density at radius 3 is 2.60 bits per heavy atom. The summed E-state index contributed by atoms with van der Waals surface area (Å²) in [5.41, 5.74) is 6.88. The highest BCUT2D eigenvalue weighted by atomic mass is 35.5. The van der Waals surface area contributed by atoms with Crippen LogP contribution in [0.2, 0.25) is 0 Å². The second-order valence-corrected chi connectivity index (χ2v) is 6.13. The molecule has 2 fully saturated rings. The van der Waals surface area contributed by atoms with E-state index in [2.05, 4.69) is 31.2 Å². The Labute approximate surface area is 126 Å². The summed E-state index contributed by atoms with van der Waals surface area (Å²) in [5.74, 6) is 0.740. The van der Waals surface area contributed by atoms with Crippen LogP contribution >= 0.6 is 12.4 Å². The van der Waals surface area contributed by atoms with E-state index in [1.54, 1.807) is 0 Å². The van der Waals surface area contributed by atoms with Gasteiger partial charge in [-0.2, -0.15) is 0 Å². The predicted octanol–water partition coefficient (Wildman–Crippen LogP) is 2.38. The molecule has 2 unspecified atom stereocenters. The van der Waals surface area contributed by atoms with Crippen LogP contribution in [-0.2, 0) is 11.2 Å². The zero-order valence-corrected chi connectivity index (χ0v) is 12.7. The number of carbonyl (C=O) groups is 1. The molecule has 0 bridgehead atoms. The van der Waals surface area contributed by atoms with Crippen molar-refractivity contribution in [3.8, 4) is 0 Å². The Morgan fingerprint density at radius 2 is 2.00 bits per heavy atom. The highest BCUT2D eigenvalue weighted by molar-refractivity contribution is 5.89. The Morgan fingerprint density at radius 1 is 1.35 bits per heavy atom. The molecule has 3 nitrogen and oxygen atoms in total. The molecule has 1 saturated carbocycles. The highest BCUT2D eigenvalue weighted by Crippen LogP contribution is 2.37. The third kappa shape index (κ3) is 2.84. The molecule has 1 aromatic carbocycles. The summed E-state index contributed by atoms with van der Waals surface area (Å²) in [6, 6.07) is 10.9. The quantitative estimate of drug-likeness (QED) is 0.930. The van der Waals surface area contributed by atoms with E-state index in [9.17, 15) is 4.79 Å². The van der Waals surface area contributed by atoms with Crippen LogP contribution in [0.4, 0.5) is 0 Å². The SMILES string of the molecule is CC1C(Cc2ccccc2)CCN1C(=O)C1(N)CC1.Cl. The average molecular weight is 295 g/mol. The van der Waals surface area contributed by atoms with Crippen molar-refractivity contribution < 1.29 is 4.79 Å². The van der Waals surface area contributed by atoms with E-state index in [1.807, 2.05) is 11.0 Å². The Bertz CT molecular complexity index is 473. The van der Waals surface area contributed by atoms with Crippen molar-refractivity contribution >= 4 is 18.3 Å². The number of carbonyl (C=O) groups excluding carboxylic acids is 1. The number of hydrogen-bond donors (Lipinski definition) is 1. The molecule has 20 heavy (non-hydrogen) atoms. The van der Waals surface area contributed by atoms with Gasteiger partial charge in [0.2, 0.25) is 5.91 Å². The van der Waals surface area contributed by atoms with Gasteiger partial charge in [-0.1, -0.05) is 30.3 Å². The van der Waals surface area contributed by atoms with Gasteiger partial charge in [0.15, 0.2) is 0 Å². The number of likely N-dealkylation sites (tertiary alicyclic amines) is 1. The molecule has 2 atom stereocenters. The van der Waals surface area contributed by atoms with Crippen LogP contribution in [0.5, 0.6) is 0 Å². The van der Waals surface area contributed by atoms with Crippen LogP contribution in [-0.4, -0.2) is 28.9 Å². The van der Waals surface area contributed by atoms with Gasteiger partial charge in [-0.15, -0.1) is 12.4 Å². The van der Waals surface area contributed by atoms with E-state index < -0.39 is 5.54 Å². The smallest absolute Gasteiger partial charge is 0.242 e. The van der Waals surface area contributed by atoms with Crippen LogP contribution < -0.4 is 5.73 Å². The minimum absolute atomic E-state index is 0. The predicted molar refractivity (Wildman–Crippen MR) is 82.8 cm³/mol. The molecule has 0 radical (unpaired) electrons. The number of nitrogens with zero attached hydrogens (tertiary/aromatic N) is 1. The Kier molecular flexibility index (Phi) is 4.40. The fourth-order valence-electron chi connectivity index (χ4n) is 3.11. The Balaban J connectivity index is 0.00000147. The summed E-state index contributed by atoms with van der Waals surface area (Å²) < 4.78 is 0. The van der Waals surface area contributed by atoms with E-state index in [1.165, 1.54) is 5.56 Å². The lowest BCUT2D eigenvalue weighted by Crippen LogP contribution is -2.47. The summed E-state index contributed by atoms with van der Waals surface area (Å²) >= 11 is 0. The van der Waals surface area contributed by atoms with Crippen molar-refractivity contribution in [2.75, 3.05) is 6.54 Å². The van der Waals surface area contributed by atoms with E-state index in [0.29, 0.717) is 12.0 Å². The summed E-state index contributed by atoms with van der Waals surface area (Å²) in [6.45, 7) is 3.04. The fraction of sp³-hybridized carbons (Fsp3) is 0.562. The standard InChI is InChI=1S/C16H22N2O.ClH/c1-12-14(11-13-5-3-2-4-6-13)7-10-18(12)15(19)16(17)8-9-16;/h2-6,12,14H,7-11,17H2,1H3;1H. The van der Waals surface area contributed by atoms with Gasteiger partial charge in [-0.25, -0.2) is 0 Å². The highest BCUT2D eigenvalue weighted by Gasteiger charge is 2.50. The lowest BCUT2D eigenvalue weighted by molar-refractivity contribution is -0.134. The maximum Gasteiger partial charge on any atom is 0.242 e. The molecule has 1 saturated heterocycles. The third-order valence-corrected chi connectivity index (χ3v) is 4.73. The largest absolute Gasteiger partial charge is 0.338 e. The van der Waals surface area contributed by atoms with E-state index in [4.69, 9.17) is 5.73 Å². The molecule has 4 heteroatoms. The maximum atomic E-state index is 12.3. The van der Waals surface area contributed by atoms with Crippen LogP contribution in [0, 0.1) is 5.92 Å². The maximum absolute atomic E-state index is 12.3. The second-order valence-electron chi connectivity index (χ2n) is 6.13. The number of rotatable bonds is 3. The minimum atomic E-state index is -0.518. The van der Waals surface area contributed by atoms with Crippen molar-refractivity contribution in [1.29, 1.82) is 0 Å². The molecule has 2 aliphatic rings. The van der Waals surface area contributed by atoms with Crippen molar-refractivity contribution in [3.63, 3.8) is 0 Å². The molecule has 2 N–H and O–H groups in total. The van der Waals surface area contributed by atoms with Gasteiger partial charge in [-0.3, -0.25) is 4.79 Å². The normalized spacial score (nSPS) is 27.0. The first-order chi connectivity index (χ1) is 9.10. The molecular weight excluding hydrogens is 272 g/mol. The number of nitrogens with two attached hydrogens (primary N) is 1. The topological polar surface area (TPSA) is 46.3 Å². The molecule has 110 valence electrons. The van der Waals surface area contributed by atoms with Crippen LogP contribution in [0.3, 0.4) is 0 Å². The first kappa shape index (κ1) is 15.3. The van der Waals surface area contributed by atoms with Gasteiger partial charge < -0.3 is 10.6 Å². The van der Waals surface area contributed by atoms with Gasteiger partial charge in [0, 0.05) is 12.6 Å². The summed E-state index contributed by atoms with van der Waals surface area (Å²) in [6.07, 6.45) is 3.87. The van der Waals surface area contributed by atoms with Crippen LogP contribution in [0.25, 0.3) is 0 Å². The number of amides is 1. The zero-order valence-electron chi connectivity index (χ0n) is 11.9. The first-order valence-corrected chi connectivity index (χ1v) is 7.24. The lowest BCUT2D eigenvalue weighted by Gasteiger charge is -2.27. The number of benzene rings is 1.